The van der Waals surface area contributed by atoms with Crippen LogP contribution in [0.1, 0.15) is 53.4 Å². The highest BCUT2D eigenvalue weighted by molar-refractivity contribution is 5.74. The molecule has 0 heterocycles. The smallest absolute Gasteiger partial charge is 0.309 e. The monoisotopic (exact) mass is 338 g/mol. The quantitative estimate of drug-likeness (QED) is 0.616. The number of aliphatic hydroxyl groups excluding tert-OH is 1. The van der Waals surface area contributed by atoms with Gasteiger partial charge in [0.25, 0.3) is 0 Å². The molecule has 0 aromatic rings. The molecule has 0 aromatic heterocycles. The lowest BCUT2D eigenvalue weighted by molar-refractivity contribution is -0.170. The fourth-order valence-electron chi connectivity index (χ4n) is 4.43. The molecule has 5 atom stereocenters. The normalized spacial score (nSPS) is 36.5. The molecule has 5 nitrogen and oxygen atoms in total. The molecule has 0 aliphatic heterocycles. The van der Waals surface area contributed by atoms with E-state index in [4.69, 9.17) is 9.47 Å². The van der Waals surface area contributed by atoms with Gasteiger partial charge in [-0.25, -0.2) is 0 Å². The van der Waals surface area contributed by atoms with Gasteiger partial charge in [0.1, 0.15) is 19.3 Å². The Morgan fingerprint density at radius 3 is 2.58 bits per heavy atom. The Balaban J connectivity index is 2.04. The van der Waals surface area contributed by atoms with Crippen molar-refractivity contribution in [2.24, 2.45) is 22.7 Å². The number of hydrogen-bond acceptors (Lipinski definition) is 5. The van der Waals surface area contributed by atoms with Crippen LogP contribution in [0.5, 0.6) is 0 Å². The van der Waals surface area contributed by atoms with Gasteiger partial charge in [0.05, 0.1) is 5.92 Å². The molecule has 1 fully saturated rings. The first-order valence-corrected chi connectivity index (χ1v) is 8.85. The van der Waals surface area contributed by atoms with Crippen molar-refractivity contribution >= 4 is 11.9 Å². The number of carbonyl (C=O) groups is 2. The molecule has 0 amide bonds. The summed E-state index contributed by atoms with van der Waals surface area (Å²) < 4.78 is 10.1. The Bertz CT molecular complexity index is 514. The van der Waals surface area contributed by atoms with Crippen LogP contribution in [-0.2, 0) is 19.1 Å². The second kappa shape index (κ2) is 7.26. The average Bonchev–Trinajstić information content (AvgIpc) is 2.51. The molecule has 1 saturated carbocycles. The van der Waals surface area contributed by atoms with Crippen molar-refractivity contribution in [3.63, 3.8) is 0 Å². The molecule has 24 heavy (non-hydrogen) atoms. The summed E-state index contributed by atoms with van der Waals surface area (Å²) >= 11 is 0. The van der Waals surface area contributed by atoms with Crippen molar-refractivity contribution in [1.29, 1.82) is 0 Å². The third-order valence-electron chi connectivity index (χ3n) is 6.15. The molecular weight excluding hydrogens is 308 g/mol. The maximum absolute atomic E-state index is 12.8. The van der Waals surface area contributed by atoms with Crippen LogP contribution in [0.2, 0.25) is 0 Å². The topological polar surface area (TPSA) is 72.8 Å². The Morgan fingerprint density at radius 2 is 1.92 bits per heavy atom. The first kappa shape index (κ1) is 19.0. The number of ether oxygens (including phenoxy) is 2. The van der Waals surface area contributed by atoms with Crippen LogP contribution in [0, 0.1) is 22.7 Å². The third-order valence-corrected chi connectivity index (χ3v) is 6.15. The highest BCUT2D eigenvalue weighted by Crippen LogP contribution is 2.60. The predicted octanol–water partition coefficient (Wildman–Crippen LogP) is 2.86. The highest BCUT2D eigenvalue weighted by Gasteiger charge is 2.56. The second-order valence-corrected chi connectivity index (χ2v) is 7.86. The van der Waals surface area contributed by atoms with E-state index in [1.54, 1.807) is 0 Å². The summed E-state index contributed by atoms with van der Waals surface area (Å²) in [5, 5.41) is 9.79. The molecule has 0 saturated heterocycles. The molecule has 0 aromatic carbocycles. The molecule has 5 heteroatoms. The molecule has 136 valence electrons. The molecule has 2 aliphatic rings. The lowest BCUT2D eigenvalue weighted by Gasteiger charge is -2.56. The maximum atomic E-state index is 12.8. The number of fused-ring (bicyclic) bond motifs is 1. The van der Waals surface area contributed by atoms with E-state index in [2.05, 4.69) is 32.9 Å². The fourth-order valence-corrected chi connectivity index (χ4v) is 4.43. The van der Waals surface area contributed by atoms with Crippen molar-refractivity contribution in [1.82, 2.24) is 0 Å². The minimum atomic E-state index is -0.984. The summed E-state index contributed by atoms with van der Waals surface area (Å²) in [5.41, 5.74) is -0.116. The Kier molecular flexibility index (Phi) is 5.74. The minimum absolute atomic E-state index is 0.0117. The van der Waals surface area contributed by atoms with Crippen molar-refractivity contribution in [3.05, 3.63) is 12.2 Å². The minimum Gasteiger partial charge on any atom is -0.463 e. The number of carbonyl (C=O) groups excluding carboxylic acids is 2. The van der Waals surface area contributed by atoms with Gasteiger partial charge >= 0.3 is 11.9 Å². The lowest BCUT2D eigenvalue weighted by Crippen LogP contribution is -2.53. The summed E-state index contributed by atoms with van der Waals surface area (Å²) in [7, 11) is 0. The van der Waals surface area contributed by atoms with E-state index in [1.165, 1.54) is 6.92 Å². The number of hydrogen-bond donors (Lipinski definition) is 1. The van der Waals surface area contributed by atoms with Crippen molar-refractivity contribution in [2.75, 3.05) is 13.2 Å². The zero-order valence-corrected chi connectivity index (χ0v) is 15.2. The standard InChI is InChI=1S/C19H30O5/c1-13-7-10-18(3)8-5-6-9-19(18,4)16(13)17(22)24-12-15(21)11-23-14(2)20/h5,8,13,15-16,21H,6-7,9-12H2,1-4H3/t13-,15+,16-,18+,19-/m1/s1. The Morgan fingerprint density at radius 1 is 1.25 bits per heavy atom. The van der Waals surface area contributed by atoms with E-state index >= 15 is 0 Å². The van der Waals surface area contributed by atoms with E-state index in [0.29, 0.717) is 0 Å². The van der Waals surface area contributed by atoms with Crippen LogP contribution in [0.3, 0.4) is 0 Å². The number of rotatable bonds is 5. The Labute approximate surface area is 144 Å². The number of allylic oxidation sites excluding steroid dienone is 2. The van der Waals surface area contributed by atoms with E-state index < -0.39 is 12.1 Å². The van der Waals surface area contributed by atoms with E-state index in [0.717, 1.165) is 25.7 Å². The van der Waals surface area contributed by atoms with E-state index in [-0.39, 0.29) is 41.8 Å². The summed E-state index contributed by atoms with van der Waals surface area (Å²) in [6.07, 6.45) is 7.55. The molecular formula is C19H30O5. The van der Waals surface area contributed by atoms with Crippen molar-refractivity contribution in [3.8, 4) is 0 Å². The van der Waals surface area contributed by atoms with E-state index in [9.17, 15) is 14.7 Å². The summed E-state index contributed by atoms with van der Waals surface area (Å²) in [5.74, 6) is -0.624. The first-order valence-electron chi connectivity index (χ1n) is 8.85. The molecule has 2 rings (SSSR count). The first-order chi connectivity index (χ1) is 11.2. The van der Waals surface area contributed by atoms with Gasteiger partial charge in [-0.2, -0.15) is 0 Å². The zero-order valence-electron chi connectivity index (χ0n) is 15.2. The van der Waals surface area contributed by atoms with Crippen molar-refractivity contribution < 1.29 is 24.2 Å². The van der Waals surface area contributed by atoms with Gasteiger partial charge in [0.2, 0.25) is 0 Å². The largest absolute Gasteiger partial charge is 0.463 e. The SMILES string of the molecule is CC(=O)OC[C@H](O)COC(=O)[C@H]1[C@H](C)CC[C@]2(C)C=CCC[C@]12C. The highest BCUT2D eigenvalue weighted by atomic mass is 16.6. The number of esters is 2. The van der Waals surface area contributed by atoms with Crippen LogP contribution in [0.4, 0.5) is 0 Å². The van der Waals surface area contributed by atoms with Gasteiger partial charge < -0.3 is 14.6 Å². The predicted molar refractivity (Wildman–Crippen MR) is 90.1 cm³/mol. The molecule has 2 aliphatic carbocycles. The van der Waals surface area contributed by atoms with Crippen LogP contribution < -0.4 is 0 Å². The van der Waals surface area contributed by atoms with Crippen LogP contribution in [0.25, 0.3) is 0 Å². The van der Waals surface area contributed by atoms with Crippen LogP contribution >= 0.6 is 0 Å². The van der Waals surface area contributed by atoms with Crippen LogP contribution in [-0.4, -0.2) is 36.4 Å². The van der Waals surface area contributed by atoms with Gasteiger partial charge in [-0.1, -0.05) is 32.9 Å². The lowest BCUT2D eigenvalue weighted by atomic mass is 9.47. The van der Waals surface area contributed by atoms with Crippen LogP contribution in [0.15, 0.2) is 12.2 Å². The van der Waals surface area contributed by atoms with Gasteiger partial charge in [0, 0.05) is 6.92 Å². The third kappa shape index (κ3) is 3.66. The van der Waals surface area contributed by atoms with Gasteiger partial charge in [-0.05, 0) is 42.4 Å². The average molecular weight is 338 g/mol. The second-order valence-electron chi connectivity index (χ2n) is 7.86. The summed E-state index contributed by atoms with van der Waals surface area (Å²) in [6.45, 7) is 7.54. The van der Waals surface area contributed by atoms with Gasteiger partial charge in [-0.3, -0.25) is 9.59 Å². The summed E-state index contributed by atoms with van der Waals surface area (Å²) in [4.78, 5) is 23.6. The Hall–Kier alpha value is -1.36. The number of aliphatic hydroxyl groups is 1. The zero-order chi connectivity index (χ0) is 18.0. The molecule has 1 N–H and O–H groups in total. The molecule has 0 bridgehead atoms. The van der Waals surface area contributed by atoms with Gasteiger partial charge in [-0.15, -0.1) is 0 Å². The summed E-state index contributed by atoms with van der Waals surface area (Å²) in [6, 6.07) is 0. The van der Waals surface area contributed by atoms with Gasteiger partial charge in [0.15, 0.2) is 0 Å². The molecule has 0 unspecified atom stereocenters. The fraction of sp³-hybridized carbons (Fsp3) is 0.789. The maximum Gasteiger partial charge on any atom is 0.309 e. The van der Waals surface area contributed by atoms with E-state index in [1.807, 2.05) is 0 Å². The molecule has 0 spiro atoms. The molecule has 0 radical (unpaired) electrons. The van der Waals surface area contributed by atoms with Crippen molar-refractivity contribution in [2.45, 2.75) is 59.5 Å².